The van der Waals surface area contributed by atoms with E-state index < -0.39 is 0 Å². The van der Waals surface area contributed by atoms with E-state index in [0.29, 0.717) is 5.82 Å². The van der Waals surface area contributed by atoms with Crippen LogP contribution in [0.25, 0.3) is 16.9 Å². The van der Waals surface area contributed by atoms with Crippen LogP contribution in [0, 0.1) is 13.8 Å². The van der Waals surface area contributed by atoms with E-state index in [9.17, 15) is 0 Å². The maximum Gasteiger partial charge on any atom is 0.139 e. The van der Waals surface area contributed by atoms with Crippen LogP contribution in [0.3, 0.4) is 0 Å². The van der Waals surface area contributed by atoms with E-state index in [1.54, 1.807) is 0 Å². The van der Waals surface area contributed by atoms with Crippen molar-refractivity contribution in [3.8, 4) is 11.3 Å². The molecule has 0 saturated carbocycles. The summed E-state index contributed by atoms with van der Waals surface area (Å²) in [4.78, 5) is 4.64. The maximum absolute atomic E-state index is 6.24. The molecular weight excluding hydrogens is 238 g/mol. The van der Waals surface area contributed by atoms with Gasteiger partial charge >= 0.3 is 0 Å². The van der Waals surface area contributed by atoms with Gasteiger partial charge in [-0.05, 0) is 38.5 Å². The van der Waals surface area contributed by atoms with Gasteiger partial charge in [0.15, 0.2) is 0 Å². The predicted octanol–water partition coefficient (Wildman–Crippen LogP) is 2.42. The number of rotatable bonds is 2. The number of fused-ring (bicyclic) bond motifs is 1. The molecule has 2 N–H and O–H groups in total. The number of pyridine rings is 1. The third-order valence-electron chi connectivity index (χ3n) is 3.32. The van der Waals surface area contributed by atoms with Gasteiger partial charge in [0.1, 0.15) is 17.2 Å². The van der Waals surface area contributed by atoms with E-state index >= 15 is 0 Å². The number of hydrogen-bond acceptors (Lipinski definition) is 3. The quantitative estimate of drug-likeness (QED) is 0.765. The zero-order valence-corrected chi connectivity index (χ0v) is 11.4. The maximum atomic E-state index is 6.24. The average molecular weight is 255 g/mol. The Bertz CT molecular complexity index is 751. The zero-order valence-electron chi connectivity index (χ0n) is 11.4. The highest BCUT2D eigenvalue weighted by atomic mass is 15.3. The van der Waals surface area contributed by atoms with E-state index in [1.807, 2.05) is 34.5 Å². The second-order valence-corrected chi connectivity index (χ2v) is 4.80. The number of nitrogen functional groups attached to an aromatic ring is 1. The molecule has 0 radical (unpaired) electrons. The predicted molar refractivity (Wildman–Crippen MR) is 76.0 cm³/mol. The van der Waals surface area contributed by atoms with Crippen molar-refractivity contribution in [2.24, 2.45) is 0 Å². The van der Waals surface area contributed by atoms with Gasteiger partial charge in [-0.25, -0.2) is 4.98 Å². The number of hydrogen-bond donors (Lipinski definition) is 1. The minimum atomic E-state index is 0.670. The van der Waals surface area contributed by atoms with E-state index in [4.69, 9.17) is 5.73 Å². The lowest BCUT2D eigenvalue weighted by atomic mass is 10.2. The Balaban J connectivity index is 2.25. The van der Waals surface area contributed by atoms with E-state index in [-0.39, 0.29) is 0 Å². The van der Waals surface area contributed by atoms with Crippen molar-refractivity contribution in [2.75, 3.05) is 5.73 Å². The number of nitrogens with two attached hydrogens (primary N) is 1. The average Bonchev–Trinajstić information content (AvgIpc) is 2.93. The smallest absolute Gasteiger partial charge is 0.139 e. The third-order valence-corrected chi connectivity index (χ3v) is 3.32. The Labute approximate surface area is 111 Å². The first-order chi connectivity index (χ1) is 9.10. The van der Waals surface area contributed by atoms with E-state index in [1.165, 1.54) is 5.56 Å². The van der Waals surface area contributed by atoms with Crippen molar-refractivity contribution in [3.63, 3.8) is 0 Å². The lowest BCUT2D eigenvalue weighted by Gasteiger charge is -2.03. The van der Waals surface area contributed by atoms with Crippen molar-refractivity contribution in [1.29, 1.82) is 0 Å². The van der Waals surface area contributed by atoms with Crippen molar-refractivity contribution in [1.82, 2.24) is 19.2 Å². The molecule has 5 nitrogen and oxygen atoms in total. The van der Waals surface area contributed by atoms with Crippen LogP contribution in [-0.2, 0) is 6.54 Å². The summed E-state index contributed by atoms with van der Waals surface area (Å²) in [5.41, 5.74) is 11.2. The molecule has 0 amide bonds. The van der Waals surface area contributed by atoms with Crippen molar-refractivity contribution >= 4 is 11.5 Å². The van der Waals surface area contributed by atoms with E-state index in [0.717, 1.165) is 29.1 Å². The molecule has 3 aromatic rings. The van der Waals surface area contributed by atoms with Crippen LogP contribution < -0.4 is 5.73 Å². The second-order valence-electron chi connectivity index (χ2n) is 4.80. The number of aromatic nitrogens is 4. The Morgan fingerprint density at radius 3 is 2.74 bits per heavy atom. The first kappa shape index (κ1) is 11.8. The summed E-state index contributed by atoms with van der Waals surface area (Å²) in [5.74, 6) is 0.670. The molecule has 0 atom stereocenters. The molecule has 0 saturated heterocycles. The van der Waals surface area contributed by atoms with Gasteiger partial charge in [0.05, 0.1) is 6.20 Å². The van der Waals surface area contributed by atoms with Gasteiger partial charge < -0.3 is 5.73 Å². The molecule has 3 aromatic heterocycles. The Kier molecular flexibility index (Phi) is 2.55. The molecule has 98 valence electrons. The van der Waals surface area contributed by atoms with Crippen molar-refractivity contribution in [3.05, 3.63) is 35.8 Å². The number of anilines is 1. The molecule has 0 aliphatic carbocycles. The fourth-order valence-corrected chi connectivity index (χ4v) is 2.43. The molecule has 0 aromatic carbocycles. The fourth-order valence-electron chi connectivity index (χ4n) is 2.43. The van der Waals surface area contributed by atoms with Gasteiger partial charge in [0.2, 0.25) is 0 Å². The molecule has 3 heterocycles. The summed E-state index contributed by atoms with van der Waals surface area (Å²) in [5, 5.41) is 4.27. The van der Waals surface area contributed by atoms with Crippen LogP contribution in [-0.4, -0.2) is 19.2 Å². The first-order valence-electron chi connectivity index (χ1n) is 6.38. The lowest BCUT2D eigenvalue weighted by Crippen LogP contribution is -1.98. The largest absolute Gasteiger partial charge is 0.383 e. The van der Waals surface area contributed by atoms with Crippen LogP contribution in [0.1, 0.15) is 18.2 Å². The first-order valence-corrected chi connectivity index (χ1v) is 6.38. The lowest BCUT2D eigenvalue weighted by molar-refractivity contribution is 0.660. The van der Waals surface area contributed by atoms with Gasteiger partial charge in [-0.3, -0.25) is 9.08 Å². The van der Waals surface area contributed by atoms with E-state index in [2.05, 4.69) is 30.0 Å². The number of aryl methyl sites for hydroxylation is 3. The summed E-state index contributed by atoms with van der Waals surface area (Å²) < 4.78 is 3.85. The Morgan fingerprint density at radius 1 is 1.26 bits per heavy atom. The van der Waals surface area contributed by atoms with Crippen LogP contribution in [0.15, 0.2) is 24.5 Å². The van der Waals surface area contributed by atoms with Gasteiger partial charge in [0, 0.05) is 24.0 Å². The van der Waals surface area contributed by atoms with Crippen molar-refractivity contribution in [2.45, 2.75) is 27.3 Å². The van der Waals surface area contributed by atoms with Gasteiger partial charge in [0.25, 0.3) is 0 Å². The van der Waals surface area contributed by atoms with Crippen LogP contribution in [0.5, 0.6) is 0 Å². The molecule has 0 bridgehead atoms. The SMILES string of the molecule is CCn1cc(-c2nc3cc(C)cc(C)n3c2N)cn1. The molecular formula is C14H17N5. The summed E-state index contributed by atoms with van der Waals surface area (Å²) in [6.07, 6.45) is 3.78. The van der Waals surface area contributed by atoms with Crippen LogP contribution >= 0.6 is 0 Å². The highest BCUT2D eigenvalue weighted by Crippen LogP contribution is 2.27. The third kappa shape index (κ3) is 1.78. The monoisotopic (exact) mass is 255 g/mol. The summed E-state index contributed by atoms with van der Waals surface area (Å²) in [7, 11) is 0. The van der Waals surface area contributed by atoms with Crippen molar-refractivity contribution < 1.29 is 0 Å². The number of imidazole rings is 1. The van der Waals surface area contributed by atoms with Gasteiger partial charge in [-0.2, -0.15) is 5.10 Å². The minimum Gasteiger partial charge on any atom is -0.383 e. The second kappa shape index (κ2) is 4.12. The van der Waals surface area contributed by atoms with Crippen LogP contribution in [0.4, 0.5) is 5.82 Å². The highest BCUT2D eigenvalue weighted by Gasteiger charge is 2.14. The Hall–Kier alpha value is -2.30. The molecule has 3 rings (SSSR count). The molecule has 5 heteroatoms. The van der Waals surface area contributed by atoms with Gasteiger partial charge in [-0.1, -0.05) is 0 Å². The molecule has 0 aliphatic rings. The minimum absolute atomic E-state index is 0.670. The molecule has 0 unspecified atom stereocenters. The molecule has 0 aliphatic heterocycles. The van der Waals surface area contributed by atoms with Gasteiger partial charge in [-0.15, -0.1) is 0 Å². The topological polar surface area (TPSA) is 61.1 Å². The normalized spacial score (nSPS) is 11.3. The van der Waals surface area contributed by atoms with Crippen LogP contribution in [0.2, 0.25) is 0 Å². The zero-order chi connectivity index (χ0) is 13.6. The fraction of sp³-hybridized carbons (Fsp3) is 0.286. The summed E-state index contributed by atoms with van der Waals surface area (Å²) in [6.45, 7) is 6.99. The highest BCUT2D eigenvalue weighted by molar-refractivity contribution is 5.74. The Morgan fingerprint density at radius 2 is 2.05 bits per heavy atom. The molecule has 0 fully saturated rings. The number of nitrogens with zero attached hydrogens (tertiary/aromatic N) is 4. The standard InChI is InChI=1S/C14H17N5/c1-4-18-8-11(7-16-18)13-14(15)19-10(3)5-9(2)6-12(19)17-13/h5-8H,4,15H2,1-3H3. The molecule has 0 spiro atoms. The summed E-state index contributed by atoms with van der Waals surface area (Å²) >= 11 is 0. The molecule has 19 heavy (non-hydrogen) atoms. The summed E-state index contributed by atoms with van der Waals surface area (Å²) in [6, 6.07) is 4.14.